The van der Waals surface area contributed by atoms with Gasteiger partial charge in [-0.25, -0.2) is 4.79 Å². The first-order valence-electron chi connectivity index (χ1n) is 9.07. The molecule has 0 bridgehead atoms. The molecule has 0 spiro atoms. The van der Waals surface area contributed by atoms with Gasteiger partial charge in [0.2, 0.25) is 0 Å². The van der Waals surface area contributed by atoms with Gasteiger partial charge in [0.15, 0.2) is 0 Å². The molecule has 3 N–H and O–H groups in total. The van der Waals surface area contributed by atoms with Gasteiger partial charge in [-0.2, -0.15) is 0 Å². The Kier molecular flexibility index (Phi) is 6.86. The first-order chi connectivity index (χ1) is 11.9. The van der Waals surface area contributed by atoms with Crippen LogP contribution in [0.1, 0.15) is 48.9 Å². The summed E-state index contributed by atoms with van der Waals surface area (Å²) in [6, 6.07) is 3.97. The molecular formula is C20H28ClNO4. The van der Waals surface area contributed by atoms with E-state index in [0.29, 0.717) is 12.0 Å². The number of fused-ring (bicyclic) bond motifs is 3. The molecule has 1 aromatic heterocycles. The summed E-state index contributed by atoms with van der Waals surface area (Å²) in [5, 5.41) is 24.4. The highest BCUT2D eigenvalue weighted by Crippen LogP contribution is 2.31. The van der Waals surface area contributed by atoms with Crippen LogP contribution in [0.15, 0.2) is 21.3 Å². The van der Waals surface area contributed by atoms with Crippen molar-refractivity contribution >= 4 is 23.4 Å². The third-order valence-corrected chi connectivity index (χ3v) is 4.84. The van der Waals surface area contributed by atoms with Crippen LogP contribution in [0, 0.1) is 6.92 Å². The lowest BCUT2D eigenvalue weighted by Crippen LogP contribution is -2.44. The van der Waals surface area contributed by atoms with Crippen LogP contribution in [-0.4, -0.2) is 28.6 Å². The fraction of sp³-hybridized carbons (Fsp3) is 0.550. The first kappa shape index (κ1) is 20.9. The van der Waals surface area contributed by atoms with Gasteiger partial charge in [0.25, 0.3) is 0 Å². The van der Waals surface area contributed by atoms with Crippen molar-refractivity contribution in [1.29, 1.82) is 0 Å². The molecule has 0 amide bonds. The maximum absolute atomic E-state index is 12.3. The van der Waals surface area contributed by atoms with E-state index in [1.165, 1.54) is 0 Å². The predicted molar refractivity (Wildman–Crippen MR) is 105 cm³/mol. The van der Waals surface area contributed by atoms with Gasteiger partial charge in [-0.15, -0.1) is 12.4 Å². The SMILES string of the molecule is Cc1cc(CC(O)C(O)NC(C)C)c2c3c(c(=O)oc2c1)CCCC3.Cl. The molecule has 1 aliphatic carbocycles. The molecule has 0 aliphatic heterocycles. The summed E-state index contributed by atoms with van der Waals surface area (Å²) in [5.41, 5.74) is 4.08. The summed E-state index contributed by atoms with van der Waals surface area (Å²) in [6.45, 7) is 5.78. The molecule has 2 atom stereocenters. The minimum atomic E-state index is -0.998. The second-order valence-electron chi connectivity index (χ2n) is 7.39. The topological polar surface area (TPSA) is 82.7 Å². The van der Waals surface area contributed by atoms with Crippen LogP contribution < -0.4 is 10.9 Å². The van der Waals surface area contributed by atoms with Gasteiger partial charge in [0.05, 0.1) is 6.10 Å². The third-order valence-electron chi connectivity index (χ3n) is 4.84. The quantitative estimate of drug-likeness (QED) is 0.547. The highest BCUT2D eigenvalue weighted by Gasteiger charge is 2.23. The normalized spacial score (nSPS) is 16.2. The van der Waals surface area contributed by atoms with E-state index < -0.39 is 12.3 Å². The number of nitrogens with one attached hydrogen (secondary N) is 1. The number of hydrogen-bond donors (Lipinski definition) is 3. The van der Waals surface area contributed by atoms with Gasteiger partial charge in [-0.1, -0.05) is 6.07 Å². The van der Waals surface area contributed by atoms with Gasteiger partial charge in [-0.05, 0) is 69.2 Å². The minimum Gasteiger partial charge on any atom is -0.422 e. The van der Waals surface area contributed by atoms with Crippen molar-refractivity contribution in [3.8, 4) is 0 Å². The van der Waals surface area contributed by atoms with Gasteiger partial charge in [-0.3, -0.25) is 5.32 Å². The van der Waals surface area contributed by atoms with Crippen LogP contribution in [0.2, 0.25) is 0 Å². The van der Waals surface area contributed by atoms with Gasteiger partial charge in [0, 0.05) is 23.4 Å². The van der Waals surface area contributed by atoms with Crippen molar-refractivity contribution in [2.75, 3.05) is 0 Å². The van der Waals surface area contributed by atoms with Gasteiger partial charge >= 0.3 is 5.63 Å². The Morgan fingerprint density at radius 1 is 1.15 bits per heavy atom. The lowest BCUT2D eigenvalue weighted by atomic mass is 9.87. The summed E-state index contributed by atoms with van der Waals surface area (Å²) < 4.78 is 5.57. The van der Waals surface area contributed by atoms with E-state index >= 15 is 0 Å². The van der Waals surface area contributed by atoms with E-state index in [1.54, 1.807) is 0 Å². The summed E-state index contributed by atoms with van der Waals surface area (Å²) in [5.74, 6) is 0. The van der Waals surface area contributed by atoms with E-state index in [0.717, 1.165) is 53.3 Å². The smallest absolute Gasteiger partial charge is 0.339 e. The highest BCUT2D eigenvalue weighted by atomic mass is 35.5. The number of halogens is 1. The summed E-state index contributed by atoms with van der Waals surface area (Å²) in [4.78, 5) is 12.3. The van der Waals surface area contributed by atoms with E-state index in [2.05, 4.69) is 5.32 Å². The second-order valence-corrected chi connectivity index (χ2v) is 7.39. The van der Waals surface area contributed by atoms with Crippen LogP contribution in [0.25, 0.3) is 11.0 Å². The van der Waals surface area contributed by atoms with Crippen LogP contribution in [0.4, 0.5) is 0 Å². The average Bonchev–Trinajstić information content (AvgIpc) is 2.53. The Morgan fingerprint density at radius 3 is 2.46 bits per heavy atom. The zero-order chi connectivity index (χ0) is 18.1. The number of hydrogen-bond acceptors (Lipinski definition) is 5. The Morgan fingerprint density at radius 2 is 1.81 bits per heavy atom. The second kappa shape index (κ2) is 8.53. The molecular weight excluding hydrogens is 354 g/mol. The Hall–Kier alpha value is -1.40. The van der Waals surface area contributed by atoms with Gasteiger partial charge in [0.1, 0.15) is 11.8 Å². The molecule has 0 fully saturated rings. The Bertz CT molecular complexity index is 831. The molecule has 0 saturated heterocycles. The molecule has 26 heavy (non-hydrogen) atoms. The predicted octanol–water partition coefficient (Wildman–Crippen LogP) is 2.62. The molecule has 5 nitrogen and oxygen atoms in total. The first-order valence-corrected chi connectivity index (χ1v) is 9.07. The van der Waals surface area contributed by atoms with Crippen molar-refractivity contribution in [2.45, 2.75) is 71.2 Å². The van der Waals surface area contributed by atoms with Crippen molar-refractivity contribution in [1.82, 2.24) is 5.32 Å². The molecule has 3 rings (SSSR count). The number of aliphatic hydroxyl groups excluding tert-OH is 2. The lowest BCUT2D eigenvalue weighted by Gasteiger charge is -2.23. The van der Waals surface area contributed by atoms with E-state index in [4.69, 9.17) is 4.42 Å². The van der Waals surface area contributed by atoms with Crippen molar-refractivity contribution in [3.05, 3.63) is 44.8 Å². The molecule has 144 valence electrons. The van der Waals surface area contributed by atoms with Gasteiger partial charge < -0.3 is 14.6 Å². The number of aryl methyl sites for hydroxylation is 2. The van der Waals surface area contributed by atoms with Crippen LogP contribution in [0.3, 0.4) is 0 Å². The maximum atomic E-state index is 12.3. The Labute approximate surface area is 159 Å². The van der Waals surface area contributed by atoms with Crippen LogP contribution in [-0.2, 0) is 19.3 Å². The largest absolute Gasteiger partial charge is 0.422 e. The lowest BCUT2D eigenvalue weighted by molar-refractivity contribution is -0.00568. The Balaban J connectivity index is 0.00000243. The van der Waals surface area contributed by atoms with Crippen molar-refractivity contribution in [2.24, 2.45) is 0 Å². The third kappa shape index (κ3) is 4.29. The van der Waals surface area contributed by atoms with E-state index in [1.807, 2.05) is 32.9 Å². The summed E-state index contributed by atoms with van der Waals surface area (Å²) in [7, 11) is 0. The minimum absolute atomic E-state index is 0. The molecule has 1 heterocycles. The maximum Gasteiger partial charge on any atom is 0.339 e. The molecule has 2 unspecified atom stereocenters. The highest BCUT2D eigenvalue weighted by molar-refractivity contribution is 5.86. The molecule has 0 saturated carbocycles. The monoisotopic (exact) mass is 381 g/mol. The number of aliphatic hydroxyl groups is 2. The summed E-state index contributed by atoms with van der Waals surface area (Å²) in [6.07, 6.45) is 2.04. The van der Waals surface area contributed by atoms with Crippen LogP contribution >= 0.6 is 12.4 Å². The zero-order valence-electron chi connectivity index (χ0n) is 15.5. The molecule has 1 aromatic carbocycles. The summed E-state index contributed by atoms with van der Waals surface area (Å²) >= 11 is 0. The number of benzene rings is 1. The molecule has 1 aliphatic rings. The van der Waals surface area contributed by atoms with E-state index in [-0.39, 0.29) is 24.1 Å². The molecule has 6 heteroatoms. The standard InChI is InChI=1S/C20H27NO4.ClH/c1-11(2)21-19(23)16(22)10-13-8-12(3)9-17-18(13)14-6-4-5-7-15(14)20(24)25-17;/h8-9,11,16,19,21-23H,4-7,10H2,1-3H3;1H. The average molecular weight is 382 g/mol. The fourth-order valence-electron chi connectivity index (χ4n) is 3.77. The molecule has 0 radical (unpaired) electrons. The van der Waals surface area contributed by atoms with Crippen molar-refractivity contribution < 1.29 is 14.6 Å². The van der Waals surface area contributed by atoms with Crippen molar-refractivity contribution in [3.63, 3.8) is 0 Å². The van der Waals surface area contributed by atoms with Crippen LogP contribution in [0.5, 0.6) is 0 Å². The fourth-order valence-corrected chi connectivity index (χ4v) is 3.77. The molecule has 2 aromatic rings. The van der Waals surface area contributed by atoms with E-state index in [9.17, 15) is 15.0 Å². The zero-order valence-corrected chi connectivity index (χ0v) is 16.4. The number of rotatable bonds is 5.